The molecule has 0 radical (unpaired) electrons. The van der Waals surface area contributed by atoms with E-state index in [9.17, 15) is 4.79 Å². The molecule has 0 aromatic carbocycles. The van der Waals surface area contributed by atoms with Gasteiger partial charge in [0.2, 0.25) is 0 Å². The molecule has 0 spiro atoms. The van der Waals surface area contributed by atoms with Gasteiger partial charge in [0.05, 0.1) is 7.11 Å². The van der Waals surface area contributed by atoms with Gasteiger partial charge in [-0.25, -0.2) is 0 Å². The number of nitrogens with one attached hydrogen (secondary N) is 1. The number of rotatable bonds is 7. The van der Waals surface area contributed by atoms with Gasteiger partial charge in [0, 0.05) is 6.54 Å². The number of carbonyl (C=O) groups is 1. The first-order valence-electron chi connectivity index (χ1n) is 7.51. The average Bonchev–Trinajstić information content (AvgIpc) is 2.42. The molecule has 1 fully saturated rings. The van der Waals surface area contributed by atoms with Crippen LogP contribution in [0.1, 0.15) is 46.0 Å². The van der Waals surface area contributed by atoms with Crippen molar-refractivity contribution in [2.24, 2.45) is 5.92 Å². The second-order valence-electron chi connectivity index (χ2n) is 6.08. The van der Waals surface area contributed by atoms with Gasteiger partial charge in [0.25, 0.3) is 0 Å². The normalized spacial score (nSPS) is 23.9. The molecule has 0 saturated carbocycles. The number of hydrogen-bond donors (Lipinski definition) is 1. The van der Waals surface area contributed by atoms with Crippen molar-refractivity contribution in [2.45, 2.75) is 51.5 Å². The van der Waals surface area contributed by atoms with E-state index in [1.165, 1.54) is 33.0 Å². The first-order chi connectivity index (χ1) is 9.01. The number of ether oxygens (including phenoxy) is 1. The molecule has 1 rings (SSSR count). The van der Waals surface area contributed by atoms with E-state index >= 15 is 0 Å². The molecule has 1 N–H and O–H groups in total. The molecule has 112 valence electrons. The van der Waals surface area contributed by atoms with Crippen molar-refractivity contribution < 1.29 is 9.53 Å². The molecular formula is C15H30N2O2. The molecule has 4 nitrogen and oxygen atoms in total. The lowest BCUT2D eigenvalue weighted by atomic mass is 9.94. The van der Waals surface area contributed by atoms with Crippen LogP contribution < -0.4 is 5.32 Å². The second kappa shape index (κ2) is 7.85. The molecule has 1 heterocycles. The Hall–Kier alpha value is -0.610. The summed E-state index contributed by atoms with van der Waals surface area (Å²) in [5, 5.41) is 3.09. The van der Waals surface area contributed by atoms with E-state index in [4.69, 9.17) is 4.74 Å². The summed E-state index contributed by atoms with van der Waals surface area (Å²) in [6.07, 6.45) is 5.74. The van der Waals surface area contributed by atoms with E-state index in [-0.39, 0.29) is 5.97 Å². The van der Waals surface area contributed by atoms with Crippen molar-refractivity contribution in [3.05, 3.63) is 0 Å². The van der Waals surface area contributed by atoms with E-state index in [0.717, 1.165) is 31.7 Å². The molecular weight excluding hydrogens is 240 g/mol. The summed E-state index contributed by atoms with van der Waals surface area (Å²) in [5.41, 5.74) is -0.538. The zero-order valence-corrected chi connectivity index (χ0v) is 13.0. The number of piperidine rings is 1. The molecule has 4 heteroatoms. The SMILES string of the molecule is CNC(C)(CCCCN1CCCC(C)C1)C(=O)OC. The highest BCUT2D eigenvalue weighted by atomic mass is 16.5. The van der Waals surface area contributed by atoms with E-state index in [0.29, 0.717) is 0 Å². The van der Waals surface area contributed by atoms with Crippen LogP contribution in [-0.2, 0) is 9.53 Å². The van der Waals surface area contributed by atoms with Gasteiger partial charge in [-0.05, 0) is 65.1 Å². The Morgan fingerprint density at radius 2 is 2.21 bits per heavy atom. The smallest absolute Gasteiger partial charge is 0.325 e. The van der Waals surface area contributed by atoms with Crippen molar-refractivity contribution in [1.29, 1.82) is 0 Å². The molecule has 1 saturated heterocycles. The second-order valence-corrected chi connectivity index (χ2v) is 6.08. The van der Waals surface area contributed by atoms with Crippen molar-refractivity contribution in [2.75, 3.05) is 33.8 Å². The summed E-state index contributed by atoms with van der Waals surface area (Å²) >= 11 is 0. The summed E-state index contributed by atoms with van der Waals surface area (Å²) in [6, 6.07) is 0. The van der Waals surface area contributed by atoms with Crippen molar-refractivity contribution in [3.63, 3.8) is 0 Å². The van der Waals surface area contributed by atoms with Crippen molar-refractivity contribution in [1.82, 2.24) is 10.2 Å². The summed E-state index contributed by atoms with van der Waals surface area (Å²) < 4.78 is 4.86. The van der Waals surface area contributed by atoms with E-state index < -0.39 is 5.54 Å². The van der Waals surface area contributed by atoms with Crippen LogP contribution in [-0.4, -0.2) is 50.2 Å². The zero-order valence-electron chi connectivity index (χ0n) is 13.0. The highest BCUT2D eigenvalue weighted by Gasteiger charge is 2.31. The Bertz CT molecular complexity index is 283. The maximum Gasteiger partial charge on any atom is 0.325 e. The van der Waals surface area contributed by atoms with Crippen LogP contribution in [0.15, 0.2) is 0 Å². The number of hydrogen-bond acceptors (Lipinski definition) is 4. The van der Waals surface area contributed by atoms with Crippen LogP contribution in [0.25, 0.3) is 0 Å². The highest BCUT2D eigenvalue weighted by Crippen LogP contribution is 2.18. The number of carbonyl (C=O) groups excluding carboxylic acids is 1. The molecule has 0 aromatic heterocycles. The van der Waals surface area contributed by atoms with Crippen LogP contribution in [0.4, 0.5) is 0 Å². The number of likely N-dealkylation sites (N-methyl/N-ethyl adjacent to an activating group) is 1. The Kier molecular flexibility index (Phi) is 6.80. The van der Waals surface area contributed by atoms with Gasteiger partial charge in [0.15, 0.2) is 0 Å². The molecule has 2 atom stereocenters. The minimum atomic E-state index is -0.538. The fourth-order valence-corrected chi connectivity index (χ4v) is 2.86. The van der Waals surface area contributed by atoms with Gasteiger partial charge in [-0.3, -0.25) is 4.79 Å². The van der Waals surface area contributed by atoms with Crippen molar-refractivity contribution >= 4 is 5.97 Å². The Labute approximate surface area is 117 Å². The quantitative estimate of drug-likeness (QED) is 0.568. The first kappa shape index (κ1) is 16.4. The molecule has 1 aliphatic heterocycles. The van der Waals surface area contributed by atoms with E-state index in [1.807, 2.05) is 14.0 Å². The summed E-state index contributed by atoms with van der Waals surface area (Å²) in [7, 11) is 3.27. The number of unbranched alkanes of at least 4 members (excludes halogenated alkanes) is 1. The lowest BCUT2D eigenvalue weighted by Crippen LogP contribution is -2.48. The largest absolute Gasteiger partial charge is 0.468 e. The minimum absolute atomic E-state index is 0.165. The third-order valence-electron chi connectivity index (χ3n) is 4.33. The number of methoxy groups -OCH3 is 1. The van der Waals surface area contributed by atoms with Crippen LogP contribution in [0.2, 0.25) is 0 Å². The Morgan fingerprint density at radius 1 is 1.47 bits per heavy atom. The van der Waals surface area contributed by atoms with Gasteiger partial charge >= 0.3 is 5.97 Å². The molecule has 2 unspecified atom stereocenters. The predicted octanol–water partition coefficient (Wildman–Crippen LogP) is 2.04. The lowest BCUT2D eigenvalue weighted by molar-refractivity contribution is -0.148. The van der Waals surface area contributed by atoms with Crippen LogP contribution in [0.5, 0.6) is 0 Å². The number of esters is 1. The summed E-state index contributed by atoms with van der Waals surface area (Å²) in [4.78, 5) is 14.3. The summed E-state index contributed by atoms with van der Waals surface area (Å²) in [6.45, 7) is 7.89. The molecule has 0 aromatic rings. The van der Waals surface area contributed by atoms with Crippen LogP contribution in [0, 0.1) is 5.92 Å². The molecule has 0 aliphatic carbocycles. The minimum Gasteiger partial charge on any atom is -0.468 e. The van der Waals surface area contributed by atoms with Gasteiger partial charge in [-0.2, -0.15) is 0 Å². The third-order valence-corrected chi connectivity index (χ3v) is 4.33. The fraction of sp³-hybridized carbons (Fsp3) is 0.933. The lowest BCUT2D eigenvalue weighted by Gasteiger charge is -2.31. The van der Waals surface area contributed by atoms with Gasteiger partial charge in [-0.1, -0.05) is 6.92 Å². The average molecular weight is 270 g/mol. The monoisotopic (exact) mass is 270 g/mol. The molecule has 0 bridgehead atoms. The molecule has 19 heavy (non-hydrogen) atoms. The van der Waals surface area contributed by atoms with Crippen molar-refractivity contribution in [3.8, 4) is 0 Å². The van der Waals surface area contributed by atoms with E-state index in [1.54, 1.807) is 0 Å². The molecule has 0 amide bonds. The third kappa shape index (κ3) is 5.11. The zero-order chi connectivity index (χ0) is 14.3. The topological polar surface area (TPSA) is 41.6 Å². The van der Waals surface area contributed by atoms with E-state index in [2.05, 4.69) is 17.1 Å². The fourth-order valence-electron chi connectivity index (χ4n) is 2.86. The van der Waals surface area contributed by atoms with Gasteiger partial charge in [0.1, 0.15) is 5.54 Å². The first-order valence-corrected chi connectivity index (χ1v) is 7.51. The summed E-state index contributed by atoms with van der Waals surface area (Å²) in [5.74, 6) is 0.674. The van der Waals surface area contributed by atoms with Crippen LogP contribution in [0.3, 0.4) is 0 Å². The predicted molar refractivity (Wildman–Crippen MR) is 78.2 cm³/mol. The number of likely N-dealkylation sites (tertiary alicyclic amines) is 1. The Morgan fingerprint density at radius 3 is 2.79 bits per heavy atom. The molecule has 1 aliphatic rings. The standard InChI is InChI=1S/C15H30N2O2/c1-13-8-7-11-17(12-13)10-6-5-9-15(2,16-3)14(18)19-4/h13,16H,5-12H2,1-4H3. The number of nitrogens with zero attached hydrogens (tertiary/aromatic N) is 1. The maximum atomic E-state index is 11.7. The van der Waals surface area contributed by atoms with Crippen LogP contribution >= 0.6 is 0 Å². The Balaban J connectivity index is 2.23. The van der Waals surface area contributed by atoms with Gasteiger partial charge < -0.3 is 15.0 Å². The van der Waals surface area contributed by atoms with Gasteiger partial charge in [-0.15, -0.1) is 0 Å². The highest BCUT2D eigenvalue weighted by molar-refractivity contribution is 5.80. The maximum absolute atomic E-state index is 11.7.